The molecule has 1 N–H and O–H groups in total. The fourth-order valence-electron chi connectivity index (χ4n) is 5.32. The number of fused-ring (bicyclic) bond motifs is 5. The summed E-state index contributed by atoms with van der Waals surface area (Å²) in [5, 5.41) is 12.2. The summed E-state index contributed by atoms with van der Waals surface area (Å²) >= 11 is 0. The van der Waals surface area contributed by atoms with Gasteiger partial charge in [-0.15, -0.1) is 5.10 Å². The van der Waals surface area contributed by atoms with Crippen molar-refractivity contribution in [2.75, 3.05) is 6.54 Å². The third-order valence-electron chi connectivity index (χ3n) is 6.00. The van der Waals surface area contributed by atoms with Gasteiger partial charge in [0.2, 0.25) is 0 Å². The highest BCUT2D eigenvalue weighted by Gasteiger charge is 2.66. The molecule has 20 heavy (non-hydrogen) atoms. The first-order chi connectivity index (χ1) is 9.78. The van der Waals surface area contributed by atoms with E-state index in [4.69, 9.17) is 0 Å². The van der Waals surface area contributed by atoms with Crippen LogP contribution in [0.3, 0.4) is 0 Å². The van der Waals surface area contributed by atoms with E-state index >= 15 is 0 Å². The molecule has 0 aliphatic heterocycles. The zero-order valence-corrected chi connectivity index (χ0v) is 12.6. The van der Waals surface area contributed by atoms with Gasteiger partial charge in [-0.25, -0.2) is 0 Å². The second-order valence-electron chi connectivity index (χ2n) is 7.21. The number of aromatic nitrogens is 3. The molecule has 5 unspecified atom stereocenters. The molecule has 4 heteroatoms. The van der Waals surface area contributed by atoms with E-state index in [1.54, 1.807) is 0 Å². The summed E-state index contributed by atoms with van der Waals surface area (Å²) in [7, 11) is 1.96. The Morgan fingerprint density at radius 3 is 2.70 bits per heavy atom. The van der Waals surface area contributed by atoms with Crippen LogP contribution in [-0.2, 0) is 13.5 Å². The third kappa shape index (κ3) is 2.00. The molecule has 0 radical (unpaired) electrons. The molecule has 3 aliphatic carbocycles. The zero-order chi connectivity index (χ0) is 13.7. The Labute approximate surface area is 121 Å². The van der Waals surface area contributed by atoms with Crippen molar-refractivity contribution < 1.29 is 0 Å². The highest BCUT2D eigenvalue weighted by molar-refractivity contribution is 5.17. The highest BCUT2D eigenvalue weighted by atomic mass is 15.4. The highest BCUT2D eigenvalue weighted by Crippen LogP contribution is 2.70. The summed E-state index contributed by atoms with van der Waals surface area (Å²) < 4.78 is 1.82. The van der Waals surface area contributed by atoms with Gasteiger partial charge in [-0.05, 0) is 61.8 Å². The lowest BCUT2D eigenvalue weighted by molar-refractivity contribution is 0.359. The molecule has 1 aromatic heterocycles. The lowest BCUT2D eigenvalue weighted by Gasteiger charge is -2.21. The summed E-state index contributed by atoms with van der Waals surface area (Å²) in [5.41, 5.74) is 1.15. The molecular formula is C16H26N4. The van der Waals surface area contributed by atoms with Gasteiger partial charge in [-0.3, -0.25) is 4.68 Å². The third-order valence-corrected chi connectivity index (χ3v) is 6.00. The molecule has 0 amide bonds. The molecule has 0 spiro atoms. The molecule has 110 valence electrons. The van der Waals surface area contributed by atoms with Gasteiger partial charge in [0.05, 0.1) is 5.69 Å². The van der Waals surface area contributed by atoms with E-state index in [2.05, 4.69) is 28.7 Å². The summed E-state index contributed by atoms with van der Waals surface area (Å²) in [6.45, 7) is 3.39. The number of hydrogen-bond acceptors (Lipinski definition) is 3. The van der Waals surface area contributed by atoms with Crippen LogP contribution >= 0.6 is 0 Å². The first-order valence-corrected chi connectivity index (χ1v) is 8.36. The molecule has 0 aromatic carbocycles. The van der Waals surface area contributed by atoms with E-state index in [0.29, 0.717) is 6.04 Å². The van der Waals surface area contributed by atoms with E-state index in [9.17, 15) is 0 Å². The summed E-state index contributed by atoms with van der Waals surface area (Å²) in [6.07, 6.45) is 8.91. The number of hydrogen-bond donors (Lipinski definition) is 1. The number of nitrogens with one attached hydrogen (secondary N) is 1. The van der Waals surface area contributed by atoms with Crippen LogP contribution in [-0.4, -0.2) is 27.6 Å². The van der Waals surface area contributed by atoms with Crippen LogP contribution in [0.1, 0.15) is 38.3 Å². The van der Waals surface area contributed by atoms with Crippen LogP contribution in [0, 0.1) is 29.6 Å². The van der Waals surface area contributed by atoms with Crippen molar-refractivity contribution in [2.45, 2.75) is 45.1 Å². The van der Waals surface area contributed by atoms with Crippen LogP contribution in [0.4, 0.5) is 0 Å². The first-order valence-electron chi connectivity index (χ1n) is 8.36. The SMILES string of the molecule is CCCNC(Cc1cn(C)nn1)C1C2C3CCC(C3)C21. The van der Waals surface area contributed by atoms with Gasteiger partial charge in [-0.1, -0.05) is 12.1 Å². The molecule has 4 nitrogen and oxygen atoms in total. The summed E-state index contributed by atoms with van der Waals surface area (Å²) in [4.78, 5) is 0. The molecule has 0 saturated heterocycles. The van der Waals surface area contributed by atoms with Crippen LogP contribution in [0.15, 0.2) is 6.20 Å². The Hall–Kier alpha value is -0.900. The molecule has 1 aromatic rings. The van der Waals surface area contributed by atoms with Crippen molar-refractivity contribution in [3.05, 3.63) is 11.9 Å². The number of aryl methyl sites for hydroxylation is 1. The number of nitrogens with zero attached hydrogens (tertiary/aromatic N) is 3. The van der Waals surface area contributed by atoms with Gasteiger partial charge in [0.15, 0.2) is 0 Å². The largest absolute Gasteiger partial charge is 0.313 e. The van der Waals surface area contributed by atoms with Crippen LogP contribution in [0.25, 0.3) is 0 Å². The lowest BCUT2D eigenvalue weighted by Crippen LogP contribution is -2.36. The van der Waals surface area contributed by atoms with E-state index < -0.39 is 0 Å². The normalized spacial score (nSPS) is 39.0. The standard InChI is InChI=1S/C16H26N4/c1-3-6-17-13(8-12-9-20(2)19-18-12)16-14-10-4-5-11(7-10)15(14)16/h9-11,13-17H,3-8H2,1-2H3. The number of rotatable bonds is 6. The second-order valence-corrected chi connectivity index (χ2v) is 7.21. The summed E-state index contributed by atoms with van der Waals surface area (Å²) in [5.74, 6) is 5.12. The monoisotopic (exact) mass is 274 g/mol. The van der Waals surface area contributed by atoms with E-state index in [1.165, 1.54) is 25.7 Å². The lowest BCUT2D eigenvalue weighted by atomic mass is 9.95. The maximum Gasteiger partial charge on any atom is 0.0842 e. The van der Waals surface area contributed by atoms with Gasteiger partial charge < -0.3 is 5.32 Å². The van der Waals surface area contributed by atoms with E-state index in [1.807, 2.05) is 11.7 Å². The van der Waals surface area contributed by atoms with Gasteiger partial charge in [0, 0.05) is 25.7 Å². The fourth-order valence-corrected chi connectivity index (χ4v) is 5.32. The minimum Gasteiger partial charge on any atom is -0.313 e. The van der Waals surface area contributed by atoms with E-state index in [0.717, 1.165) is 48.2 Å². The van der Waals surface area contributed by atoms with Crippen molar-refractivity contribution in [1.29, 1.82) is 0 Å². The Morgan fingerprint density at radius 2 is 2.10 bits per heavy atom. The predicted octanol–water partition coefficient (Wildman–Crippen LogP) is 2.02. The molecule has 5 atom stereocenters. The van der Waals surface area contributed by atoms with Crippen molar-refractivity contribution >= 4 is 0 Å². The molecule has 3 aliphatic rings. The van der Waals surface area contributed by atoms with Gasteiger partial charge in [0.1, 0.15) is 0 Å². The first kappa shape index (κ1) is 12.8. The van der Waals surface area contributed by atoms with Crippen molar-refractivity contribution in [3.8, 4) is 0 Å². The van der Waals surface area contributed by atoms with Crippen LogP contribution in [0.5, 0.6) is 0 Å². The second kappa shape index (κ2) is 4.83. The Morgan fingerprint density at radius 1 is 1.35 bits per heavy atom. The van der Waals surface area contributed by atoms with Crippen molar-refractivity contribution in [2.24, 2.45) is 36.6 Å². The smallest absolute Gasteiger partial charge is 0.0842 e. The van der Waals surface area contributed by atoms with Crippen molar-refractivity contribution in [1.82, 2.24) is 20.3 Å². The van der Waals surface area contributed by atoms with Crippen LogP contribution < -0.4 is 5.32 Å². The molecule has 3 fully saturated rings. The van der Waals surface area contributed by atoms with Gasteiger partial charge in [0.25, 0.3) is 0 Å². The molecule has 4 rings (SSSR count). The maximum atomic E-state index is 4.29. The maximum absolute atomic E-state index is 4.29. The molecule has 2 bridgehead atoms. The minimum absolute atomic E-state index is 0.630. The average molecular weight is 274 g/mol. The Bertz CT molecular complexity index is 467. The molecule has 3 saturated carbocycles. The minimum atomic E-state index is 0.630. The summed E-state index contributed by atoms with van der Waals surface area (Å²) in [6, 6.07) is 0.630. The zero-order valence-electron chi connectivity index (χ0n) is 12.6. The van der Waals surface area contributed by atoms with Gasteiger partial charge >= 0.3 is 0 Å². The van der Waals surface area contributed by atoms with Crippen LogP contribution in [0.2, 0.25) is 0 Å². The average Bonchev–Trinajstić information content (AvgIpc) is 2.80. The van der Waals surface area contributed by atoms with Gasteiger partial charge in [-0.2, -0.15) is 0 Å². The van der Waals surface area contributed by atoms with Crippen molar-refractivity contribution in [3.63, 3.8) is 0 Å². The Balaban J connectivity index is 1.46. The topological polar surface area (TPSA) is 42.7 Å². The fraction of sp³-hybridized carbons (Fsp3) is 0.875. The quantitative estimate of drug-likeness (QED) is 0.863. The van der Waals surface area contributed by atoms with E-state index in [-0.39, 0.29) is 0 Å². The predicted molar refractivity (Wildman–Crippen MR) is 78.1 cm³/mol. The molecular weight excluding hydrogens is 248 g/mol. The molecule has 1 heterocycles. The Kier molecular flexibility index (Phi) is 3.09.